The number of rotatable bonds is 7. The van der Waals surface area contributed by atoms with Crippen molar-refractivity contribution in [1.29, 1.82) is 0 Å². The number of H-pyrrole nitrogens is 1. The minimum absolute atomic E-state index is 0.0226. The fourth-order valence-corrected chi connectivity index (χ4v) is 6.39. The second kappa shape index (κ2) is 9.51. The number of aromatic amines is 1. The Kier molecular flexibility index (Phi) is 6.69. The predicted octanol–water partition coefficient (Wildman–Crippen LogP) is 5.84. The molecule has 2 aliphatic rings. The Hall–Kier alpha value is -3.12. The molecule has 2 aromatic heterocycles. The number of carbonyl (C=O) groups is 1. The van der Waals surface area contributed by atoms with Crippen LogP contribution >= 0.6 is 0 Å². The molecular formula is C27H33F2N5O4S. The van der Waals surface area contributed by atoms with Crippen molar-refractivity contribution in [2.24, 2.45) is 5.92 Å². The molecule has 2 fully saturated rings. The lowest BCUT2D eigenvalue weighted by molar-refractivity contribution is -0.161. The van der Waals surface area contributed by atoms with E-state index in [-0.39, 0.29) is 62.2 Å². The topological polar surface area (TPSA) is 126 Å². The van der Waals surface area contributed by atoms with Crippen LogP contribution in [0.25, 0.3) is 11.2 Å². The second-order valence-corrected chi connectivity index (χ2v) is 13.8. The molecule has 3 heterocycles. The number of carbonyl (C=O) groups excluding carboxylic acids is 1. The van der Waals surface area contributed by atoms with Crippen molar-refractivity contribution >= 4 is 44.1 Å². The lowest BCUT2D eigenvalue weighted by Gasteiger charge is -2.45. The summed E-state index contributed by atoms with van der Waals surface area (Å²) in [6.07, 6.45) is 1.28. The van der Waals surface area contributed by atoms with Crippen molar-refractivity contribution in [1.82, 2.24) is 15.0 Å². The molecule has 9 nitrogen and oxygen atoms in total. The summed E-state index contributed by atoms with van der Waals surface area (Å²) in [6, 6.07) is 6.72. The van der Waals surface area contributed by atoms with Gasteiger partial charge in [-0.1, -0.05) is 6.07 Å². The quantitative estimate of drug-likeness (QED) is 0.331. The summed E-state index contributed by atoms with van der Waals surface area (Å²) in [7, 11) is -3.69. The first-order chi connectivity index (χ1) is 18.1. The van der Waals surface area contributed by atoms with Crippen molar-refractivity contribution in [2.45, 2.75) is 81.8 Å². The molecular weight excluding hydrogens is 528 g/mol. The monoisotopic (exact) mass is 561 g/mol. The fourth-order valence-electron chi connectivity index (χ4n) is 5.52. The molecule has 1 amide bonds. The number of halogens is 2. The largest absolute Gasteiger partial charge is 0.370 e. The van der Waals surface area contributed by atoms with E-state index in [9.17, 15) is 22.0 Å². The number of nitrogens with zero attached hydrogens (tertiary/aromatic N) is 2. The average Bonchev–Trinajstić information content (AvgIpc) is 3.55. The average molecular weight is 562 g/mol. The molecule has 0 bridgehead atoms. The van der Waals surface area contributed by atoms with Crippen LogP contribution in [0.1, 0.15) is 77.1 Å². The van der Waals surface area contributed by atoms with Crippen molar-refractivity contribution in [3.05, 3.63) is 35.7 Å². The molecule has 0 unspecified atom stereocenters. The van der Waals surface area contributed by atoms with E-state index in [1.54, 1.807) is 12.1 Å². The normalized spacial score (nSPS) is 19.4. The van der Waals surface area contributed by atoms with Crippen LogP contribution in [-0.2, 0) is 19.4 Å². The maximum absolute atomic E-state index is 13.4. The lowest BCUT2D eigenvalue weighted by atomic mass is 9.77. The summed E-state index contributed by atoms with van der Waals surface area (Å²) in [5.41, 5.74) is 0.813. The molecule has 1 aliphatic carbocycles. The van der Waals surface area contributed by atoms with E-state index in [0.29, 0.717) is 0 Å². The molecule has 1 aromatic carbocycles. The Morgan fingerprint density at radius 2 is 1.74 bits per heavy atom. The van der Waals surface area contributed by atoms with Gasteiger partial charge in [0.1, 0.15) is 11.3 Å². The smallest absolute Gasteiger partial charge is 0.295 e. The minimum Gasteiger partial charge on any atom is -0.370 e. The number of pyridine rings is 1. The maximum atomic E-state index is 13.4. The van der Waals surface area contributed by atoms with E-state index >= 15 is 0 Å². The van der Waals surface area contributed by atoms with Crippen molar-refractivity contribution in [2.75, 3.05) is 16.9 Å². The van der Waals surface area contributed by atoms with Crippen LogP contribution in [0.3, 0.4) is 0 Å². The molecule has 0 radical (unpaired) electrons. The van der Waals surface area contributed by atoms with Gasteiger partial charge in [0.25, 0.3) is 6.43 Å². The van der Waals surface area contributed by atoms with Crippen molar-refractivity contribution < 1.29 is 26.7 Å². The Morgan fingerprint density at radius 3 is 2.33 bits per heavy atom. The third-order valence-corrected chi connectivity index (χ3v) is 8.20. The van der Waals surface area contributed by atoms with Gasteiger partial charge in [-0.15, -0.1) is 0 Å². The van der Waals surface area contributed by atoms with Crippen LogP contribution in [0.2, 0.25) is 0 Å². The highest BCUT2D eigenvalue weighted by Gasteiger charge is 2.40. The molecule has 3 aromatic rings. The molecule has 12 heteroatoms. The van der Waals surface area contributed by atoms with Crippen molar-refractivity contribution in [3.8, 4) is 0 Å². The summed E-state index contributed by atoms with van der Waals surface area (Å²) in [6.45, 7) is 8.11. The van der Waals surface area contributed by atoms with Crippen LogP contribution < -0.4 is 10.6 Å². The maximum Gasteiger partial charge on any atom is 0.295 e. The highest BCUT2D eigenvalue weighted by atomic mass is 32.2. The highest BCUT2D eigenvalue weighted by molar-refractivity contribution is 7.90. The zero-order valence-corrected chi connectivity index (χ0v) is 23.4. The van der Waals surface area contributed by atoms with Gasteiger partial charge >= 0.3 is 0 Å². The molecule has 1 aliphatic heterocycles. The molecule has 0 spiro atoms. The Morgan fingerprint density at radius 1 is 1.08 bits per heavy atom. The van der Waals surface area contributed by atoms with Crippen LogP contribution in [0.5, 0.6) is 0 Å². The Balaban J connectivity index is 1.55. The Labute approximate surface area is 226 Å². The number of hydrogen-bond donors (Lipinski definition) is 3. The van der Waals surface area contributed by atoms with Gasteiger partial charge in [0.05, 0.1) is 27.5 Å². The number of fused-ring (bicyclic) bond motifs is 1. The Bertz CT molecular complexity index is 1530. The van der Waals surface area contributed by atoms with Gasteiger partial charge in [-0.05, 0) is 77.0 Å². The number of aromatic nitrogens is 3. The first-order valence-electron chi connectivity index (χ1n) is 12.9. The number of alkyl halides is 2. The molecule has 210 valence electrons. The van der Waals surface area contributed by atoms with Crippen LogP contribution in [-0.4, -0.2) is 46.7 Å². The van der Waals surface area contributed by atoms with Gasteiger partial charge in [0, 0.05) is 18.2 Å². The van der Waals surface area contributed by atoms with Crippen LogP contribution in [0.15, 0.2) is 29.2 Å². The van der Waals surface area contributed by atoms with E-state index in [1.807, 2.05) is 33.8 Å². The molecule has 1 saturated heterocycles. The van der Waals surface area contributed by atoms with E-state index in [1.165, 1.54) is 6.07 Å². The van der Waals surface area contributed by atoms with Gasteiger partial charge in [-0.2, -0.15) is 0 Å². The summed E-state index contributed by atoms with van der Waals surface area (Å²) >= 11 is 0. The zero-order chi connectivity index (χ0) is 28.3. The predicted molar refractivity (Wildman–Crippen MR) is 144 cm³/mol. The van der Waals surface area contributed by atoms with E-state index in [4.69, 9.17) is 4.74 Å². The van der Waals surface area contributed by atoms with E-state index < -0.39 is 22.1 Å². The molecule has 5 rings (SSSR count). The summed E-state index contributed by atoms with van der Waals surface area (Å²) in [5.74, 6) is -0.662. The third-order valence-electron chi connectivity index (χ3n) is 7.06. The first kappa shape index (κ1) is 27.4. The summed E-state index contributed by atoms with van der Waals surface area (Å²) in [5, 5.41) is 5.80. The van der Waals surface area contributed by atoms with Gasteiger partial charge in [-0.25, -0.2) is 27.2 Å². The van der Waals surface area contributed by atoms with Gasteiger partial charge in [0.15, 0.2) is 21.3 Å². The molecule has 0 atom stereocenters. The molecule has 1 saturated carbocycles. The number of ether oxygens (including phenoxy) is 1. The number of nitrogens with one attached hydrogen (secondary N) is 3. The van der Waals surface area contributed by atoms with Gasteiger partial charge in [0.2, 0.25) is 5.91 Å². The van der Waals surface area contributed by atoms with Gasteiger partial charge in [-0.3, -0.25) is 4.79 Å². The lowest BCUT2D eigenvalue weighted by Crippen LogP contribution is -2.44. The molecule has 39 heavy (non-hydrogen) atoms. The van der Waals surface area contributed by atoms with Gasteiger partial charge < -0.3 is 20.4 Å². The SMILES string of the molecule is CC1(C)CC(c2ccc(Nc3cc(NC(=O)C4CC4)nc4nc(C(F)F)[nH]c34)c(S(C)(=O)=O)c2)CC(C)(C)O1. The summed E-state index contributed by atoms with van der Waals surface area (Å²) in [4.78, 5) is 23.1. The number of sulfone groups is 1. The molecule has 3 N–H and O–H groups in total. The zero-order valence-electron chi connectivity index (χ0n) is 22.6. The van der Waals surface area contributed by atoms with E-state index in [0.717, 1.165) is 37.5 Å². The van der Waals surface area contributed by atoms with Crippen LogP contribution in [0.4, 0.5) is 26.0 Å². The second-order valence-electron chi connectivity index (χ2n) is 11.8. The minimum atomic E-state index is -3.69. The van der Waals surface area contributed by atoms with E-state index in [2.05, 4.69) is 25.6 Å². The first-order valence-corrected chi connectivity index (χ1v) is 14.8. The highest BCUT2D eigenvalue weighted by Crippen LogP contribution is 2.44. The fraction of sp³-hybridized carbons (Fsp3) is 0.519. The number of hydrogen-bond acceptors (Lipinski definition) is 7. The summed E-state index contributed by atoms with van der Waals surface area (Å²) < 4.78 is 58.9. The number of imidazole rings is 1. The third kappa shape index (κ3) is 6.06. The standard InChI is InChI=1S/C27H33F2N5O4S/c1-26(2)12-16(13-27(3,4)38-26)15-8-9-17(19(10-15)39(5,36)37)30-18-11-20(32-25(35)14-6-7-14)31-23-21(18)33-24(34-23)22(28)29/h8-11,14,16,22H,6-7,12-13H2,1-5H3,(H3,30,31,32,33,34,35). The number of benzene rings is 1. The number of amides is 1. The van der Waals surface area contributed by atoms with Crippen molar-refractivity contribution in [3.63, 3.8) is 0 Å². The van der Waals surface area contributed by atoms with Crippen LogP contribution in [0, 0.1) is 5.92 Å². The number of anilines is 3.